The second-order valence-electron chi connectivity index (χ2n) is 17.2. The van der Waals surface area contributed by atoms with E-state index in [-0.39, 0.29) is 5.41 Å². The van der Waals surface area contributed by atoms with Gasteiger partial charge in [0.25, 0.3) is 0 Å². The van der Waals surface area contributed by atoms with Crippen molar-refractivity contribution in [2.45, 2.75) is 32.1 Å². The third-order valence-electron chi connectivity index (χ3n) is 13.4. The number of aryl methyl sites for hydroxylation is 1. The summed E-state index contributed by atoms with van der Waals surface area (Å²) in [5, 5.41) is 5.76. The van der Waals surface area contributed by atoms with Gasteiger partial charge in [0, 0.05) is 44.3 Å². The van der Waals surface area contributed by atoms with Gasteiger partial charge in [-0.2, -0.15) is 0 Å². The van der Waals surface area contributed by atoms with E-state index in [1.807, 2.05) is 0 Å². The molecule has 60 heavy (non-hydrogen) atoms. The summed E-state index contributed by atoms with van der Waals surface area (Å²) < 4.78 is 19.3. The summed E-state index contributed by atoms with van der Waals surface area (Å²) in [7, 11) is 0. The van der Waals surface area contributed by atoms with Crippen LogP contribution in [-0.4, -0.2) is 0 Å². The zero-order valence-corrected chi connectivity index (χ0v) is 33.3. The smallest absolute Gasteiger partial charge is 0.135 e. The lowest BCUT2D eigenvalue weighted by Gasteiger charge is -2.22. The summed E-state index contributed by atoms with van der Waals surface area (Å²) in [6, 6.07) is 59.1. The average molecular weight is 771 g/mol. The van der Waals surface area contributed by atoms with Crippen LogP contribution >= 0.6 is 0 Å². The van der Waals surface area contributed by atoms with Crippen LogP contribution in [0.25, 0.3) is 111 Å². The van der Waals surface area contributed by atoms with Crippen molar-refractivity contribution in [1.82, 2.24) is 0 Å². The zero-order chi connectivity index (χ0) is 39.7. The first kappa shape index (κ1) is 33.6. The SMILES string of the molecule is CC1(C)c2cc(-c3ccc4oc5ccc(-c6ccccc6)cc5c4c3)ccc2-c2cc3oc4c(c3cc21)C=C(c1ccc2oc3ccc(-c5ccccc5)cc3c2c1)CC4. The summed E-state index contributed by atoms with van der Waals surface area (Å²) in [5.74, 6) is 1.08. The Balaban J connectivity index is 0.865. The zero-order valence-electron chi connectivity index (χ0n) is 33.3. The van der Waals surface area contributed by atoms with Crippen LogP contribution in [0.4, 0.5) is 0 Å². The average Bonchev–Trinajstić information content (AvgIpc) is 4.02. The highest BCUT2D eigenvalue weighted by atomic mass is 16.3. The standard InChI is InChI=1S/C57H38O3/c1-57(2)49-30-40(39-18-23-54-46(29-39)44-26-36(15-21-52(44)59-54)34-11-7-4-8-12-34)13-19-41(49)42-32-56-48(31-50(42)57)47-28-38(17-24-55(47)60-56)37-16-22-53-45(27-37)43-25-35(14-20-51(43)58-53)33-9-5-3-6-10-33/h3-16,18-23,25-32H,17,24H2,1-2H3. The predicted octanol–water partition coefficient (Wildman–Crippen LogP) is 16.0. The molecule has 0 saturated heterocycles. The molecule has 0 saturated carbocycles. The molecule has 0 amide bonds. The van der Waals surface area contributed by atoms with Gasteiger partial charge in [0.05, 0.1) is 0 Å². The van der Waals surface area contributed by atoms with Gasteiger partial charge >= 0.3 is 0 Å². The molecule has 8 aromatic carbocycles. The lowest BCUT2D eigenvalue weighted by atomic mass is 9.81. The van der Waals surface area contributed by atoms with Crippen LogP contribution in [-0.2, 0) is 11.8 Å². The summed E-state index contributed by atoms with van der Waals surface area (Å²) in [6.07, 6.45) is 4.17. The molecule has 0 atom stereocenters. The number of furan rings is 3. The van der Waals surface area contributed by atoms with Crippen LogP contribution in [0.5, 0.6) is 0 Å². The van der Waals surface area contributed by atoms with E-state index in [0.29, 0.717) is 0 Å². The predicted molar refractivity (Wildman–Crippen MR) is 247 cm³/mol. The van der Waals surface area contributed by atoms with Crippen LogP contribution in [0, 0.1) is 0 Å². The first-order valence-corrected chi connectivity index (χ1v) is 20.9. The fraction of sp³-hybridized carbons (Fsp3) is 0.0877. The molecule has 0 N–H and O–H groups in total. The Hall–Kier alpha value is -7.36. The quantitative estimate of drug-likeness (QED) is 0.179. The molecule has 13 rings (SSSR count). The number of fused-ring (bicyclic) bond motifs is 12. The molecule has 2 aliphatic rings. The molecule has 3 heteroatoms. The highest BCUT2D eigenvalue weighted by Gasteiger charge is 2.37. The second kappa shape index (κ2) is 12.3. The number of hydrogen-bond acceptors (Lipinski definition) is 3. The third kappa shape index (κ3) is 4.96. The van der Waals surface area contributed by atoms with Crippen molar-refractivity contribution >= 4 is 66.5 Å². The van der Waals surface area contributed by atoms with E-state index in [4.69, 9.17) is 13.3 Å². The molecule has 0 spiro atoms. The van der Waals surface area contributed by atoms with E-state index in [1.54, 1.807) is 0 Å². The van der Waals surface area contributed by atoms with Crippen LogP contribution in [0.1, 0.15) is 48.3 Å². The Morgan fingerprint density at radius 2 is 0.850 bits per heavy atom. The molecule has 2 aliphatic carbocycles. The molecule has 0 radical (unpaired) electrons. The van der Waals surface area contributed by atoms with Crippen molar-refractivity contribution in [3.8, 4) is 44.5 Å². The molecule has 3 nitrogen and oxygen atoms in total. The van der Waals surface area contributed by atoms with Crippen LogP contribution in [0.15, 0.2) is 177 Å². The van der Waals surface area contributed by atoms with Gasteiger partial charge in [-0.05, 0) is 146 Å². The van der Waals surface area contributed by atoms with Crippen LogP contribution in [0.2, 0.25) is 0 Å². The minimum atomic E-state index is -0.191. The molecular formula is C57H38O3. The number of allylic oxidation sites excluding steroid dienone is 1. The molecule has 284 valence electrons. The van der Waals surface area contributed by atoms with Gasteiger partial charge in [0.15, 0.2) is 0 Å². The maximum absolute atomic E-state index is 6.68. The van der Waals surface area contributed by atoms with E-state index in [0.717, 1.165) is 68.1 Å². The van der Waals surface area contributed by atoms with Gasteiger partial charge < -0.3 is 13.3 Å². The molecule has 0 aliphatic heterocycles. The van der Waals surface area contributed by atoms with Crippen molar-refractivity contribution in [3.63, 3.8) is 0 Å². The number of hydrogen-bond donors (Lipinski definition) is 0. The Bertz CT molecular complexity index is 3610. The highest BCUT2D eigenvalue weighted by Crippen LogP contribution is 2.52. The molecular weight excluding hydrogens is 733 g/mol. The second-order valence-corrected chi connectivity index (χ2v) is 17.2. The van der Waals surface area contributed by atoms with E-state index >= 15 is 0 Å². The van der Waals surface area contributed by atoms with Gasteiger partial charge in [0.1, 0.15) is 33.7 Å². The molecule has 11 aromatic rings. The minimum Gasteiger partial charge on any atom is -0.460 e. The van der Waals surface area contributed by atoms with E-state index < -0.39 is 0 Å². The Labute approximate surface area is 346 Å². The highest BCUT2D eigenvalue weighted by molar-refractivity contribution is 6.09. The number of rotatable bonds is 4. The first-order valence-electron chi connectivity index (χ1n) is 20.9. The van der Waals surface area contributed by atoms with Crippen molar-refractivity contribution in [1.29, 1.82) is 0 Å². The normalized spacial score (nSPS) is 14.3. The largest absolute Gasteiger partial charge is 0.460 e. The Morgan fingerprint density at radius 1 is 0.367 bits per heavy atom. The van der Waals surface area contributed by atoms with Crippen molar-refractivity contribution in [2.75, 3.05) is 0 Å². The molecule has 0 fully saturated rings. The topological polar surface area (TPSA) is 39.4 Å². The Kier molecular flexibility index (Phi) is 6.90. The van der Waals surface area contributed by atoms with E-state index in [2.05, 4.69) is 184 Å². The summed E-state index contributed by atoms with van der Waals surface area (Å²) >= 11 is 0. The molecule has 0 bridgehead atoms. The fourth-order valence-electron chi connectivity index (χ4n) is 10.2. The summed E-state index contributed by atoms with van der Waals surface area (Å²) in [6.45, 7) is 4.74. The van der Waals surface area contributed by atoms with Crippen LogP contribution in [0.3, 0.4) is 0 Å². The van der Waals surface area contributed by atoms with Crippen molar-refractivity contribution < 1.29 is 13.3 Å². The van der Waals surface area contributed by atoms with Crippen LogP contribution < -0.4 is 0 Å². The fourth-order valence-corrected chi connectivity index (χ4v) is 10.2. The van der Waals surface area contributed by atoms with E-state index in [1.165, 1.54) is 77.7 Å². The third-order valence-corrected chi connectivity index (χ3v) is 13.4. The minimum absolute atomic E-state index is 0.191. The van der Waals surface area contributed by atoms with E-state index in [9.17, 15) is 0 Å². The molecule has 0 unspecified atom stereocenters. The Morgan fingerprint density at radius 3 is 1.43 bits per heavy atom. The lowest BCUT2D eigenvalue weighted by Crippen LogP contribution is -2.15. The number of benzene rings is 8. The molecule has 3 aromatic heterocycles. The van der Waals surface area contributed by atoms with Crippen molar-refractivity contribution in [2.24, 2.45) is 0 Å². The summed E-state index contributed by atoms with van der Waals surface area (Å²) in [4.78, 5) is 0. The monoisotopic (exact) mass is 770 g/mol. The van der Waals surface area contributed by atoms with Gasteiger partial charge in [-0.1, -0.05) is 111 Å². The van der Waals surface area contributed by atoms with Gasteiger partial charge in [-0.3, -0.25) is 0 Å². The summed E-state index contributed by atoms with van der Waals surface area (Å²) in [5.41, 5.74) is 20.6. The maximum Gasteiger partial charge on any atom is 0.135 e. The van der Waals surface area contributed by atoms with Gasteiger partial charge in [0.2, 0.25) is 0 Å². The van der Waals surface area contributed by atoms with Crippen molar-refractivity contribution in [3.05, 3.63) is 192 Å². The first-order chi connectivity index (χ1) is 29.4. The lowest BCUT2D eigenvalue weighted by molar-refractivity contribution is 0.548. The maximum atomic E-state index is 6.68. The van der Waals surface area contributed by atoms with Gasteiger partial charge in [-0.15, -0.1) is 0 Å². The van der Waals surface area contributed by atoms with Gasteiger partial charge in [-0.25, -0.2) is 0 Å². The molecule has 3 heterocycles.